The lowest BCUT2D eigenvalue weighted by Gasteiger charge is -2.20. The molecule has 0 radical (unpaired) electrons. The van der Waals surface area contributed by atoms with Crippen LogP contribution in [0, 0.1) is 5.92 Å². The molecule has 5 nitrogen and oxygen atoms in total. The number of carbonyl (C=O) groups is 3. The van der Waals surface area contributed by atoms with Gasteiger partial charge in [-0.2, -0.15) is 0 Å². The van der Waals surface area contributed by atoms with Crippen LogP contribution in [0.25, 0.3) is 0 Å². The molecule has 0 spiro atoms. The van der Waals surface area contributed by atoms with Crippen LogP contribution in [-0.4, -0.2) is 24.0 Å². The van der Waals surface area contributed by atoms with Gasteiger partial charge in [0.15, 0.2) is 0 Å². The maximum atomic E-state index is 11.2. The molecular formula is C11H16O5. The van der Waals surface area contributed by atoms with Gasteiger partial charge in [-0.15, -0.1) is 0 Å². The van der Waals surface area contributed by atoms with Crippen LogP contribution in [-0.2, 0) is 23.9 Å². The Bertz CT molecular complexity index is 293. The van der Waals surface area contributed by atoms with E-state index in [1.807, 2.05) is 0 Å². The number of hydrogen-bond donors (Lipinski definition) is 0. The van der Waals surface area contributed by atoms with E-state index in [2.05, 4.69) is 6.58 Å². The fraction of sp³-hybridized carbons (Fsp3) is 0.545. The molecule has 0 N–H and O–H groups in total. The fourth-order valence-electron chi connectivity index (χ4n) is 0.833. The summed E-state index contributed by atoms with van der Waals surface area (Å²) in [6, 6.07) is 0. The van der Waals surface area contributed by atoms with Gasteiger partial charge in [-0.3, -0.25) is 9.59 Å². The highest BCUT2D eigenvalue weighted by Crippen LogP contribution is 2.10. The van der Waals surface area contributed by atoms with E-state index in [0.717, 1.165) is 6.08 Å². The second-order valence-electron chi connectivity index (χ2n) is 3.62. The van der Waals surface area contributed by atoms with E-state index in [-0.39, 0.29) is 18.1 Å². The first-order chi connectivity index (χ1) is 7.36. The highest BCUT2D eigenvalue weighted by Gasteiger charge is 2.22. The normalized spacial score (nSPS) is 11.8. The molecule has 5 heteroatoms. The summed E-state index contributed by atoms with van der Waals surface area (Å²) in [5.41, 5.74) is 0. The van der Waals surface area contributed by atoms with E-state index in [1.165, 1.54) is 6.92 Å². The van der Waals surface area contributed by atoms with E-state index < -0.39 is 18.2 Å². The summed E-state index contributed by atoms with van der Waals surface area (Å²) in [5, 5.41) is 0. The Morgan fingerprint density at radius 1 is 1.25 bits per heavy atom. The first kappa shape index (κ1) is 14.3. The maximum absolute atomic E-state index is 11.2. The monoisotopic (exact) mass is 228 g/mol. The van der Waals surface area contributed by atoms with Crippen molar-refractivity contribution < 1.29 is 23.9 Å². The van der Waals surface area contributed by atoms with E-state index in [1.54, 1.807) is 13.8 Å². The summed E-state index contributed by atoms with van der Waals surface area (Å²) < 4.78 is 9.65. The van der Waals surface area contributed by atoms with E-state index in [4.69, 9.17) is 9.47 Å². The molecule has 0 saturated heterocycles. The van der Waals surface area contributed by atoms with Crippen LogP contribution in [0.15, 0.2) is 12.7 Å². The molecule has 0 saturated carbocycles. The molecule has 0 aliphatic heterocycles. The van der Waals surface area contributed by atoms with Crippen molar-refractivity contribution in [3.05, 3.63) is 12.7 Å². The summed E-state index contributed by atoms with van der Waals surface area (Å²) in [4.78, 5) is 32.8. The number of Topliss-reactive ketones (excluding diaryl/α,β-unsaturated/α-hetero) is 1. The fourth-order valence-corrected chi connectivity index (χ4v) is 0.833. The van der Waals surface area contributed by atoms with Gasteiger partial charge in [0.05, 0.1) is 0 Å². The second kappa shape index (κ2) is 6.76. The first-order valence-corrected chi connectivity index (χ1v) is 4.88. The number of rotatable bonds is 6. The molecular weight excluding hydrogens is 212 g/mol. The maximum Gasteiger partial charge on any atom is 0.333 e. The number of ketones is 1. The molecule has 16 heavy (non-hydrogen) atoms. The highest BCUT2D eigenvalue weighted by atomic mass is 16.7. The lowest BCUT2D eigenvalue weighted by molar-refractivity contribution is -0.192. The Morgan fingerprint density at radius 2 is 1.81 bits per heavy atom. The minimum Gasteiger partial charge on any atom is -0.425 e. The van der Waals surface area contributed by atoms with Crippen molar-refractivity contribution in [2.24, 2.45) is 5.92 Å². The molecule has 0 bridgehead atoms. The van der Waals surface area contributed by atoms with Crippen molar-refractivity contribution in [3.8, 4) is 0 Å². The van der Waals surface area contributed by atoms with E-state index >= 15 is 0 Å². The highest BCUT2D eigenvalue weighted by molar-refractivity contribution is 5.94. The van der Waals surface area contributed by atoms with Gasteiger partial charge in [-0.05, 0) is 6.92 Å². The number of esters is 2. The van der Waals surface area contributed by atoms with Crippen LogP contribution in [0.1, 0.15) is 27.2 Å². The number of hydrogen-bond acceptors (Lipinski definition) is 5. The standard InChI is InChI=1S/C11H16O5/c1-5-9(13)15-11(7(2)3)16-10(14)6-8(4)12/h5,7,11H,1,6H2,2-4H3. The van der Waals surface area contributed by atoms with Crippen LogP contribution in [0.5, 0.6) is 0 Å². The smallest absolute Gasteiger partial charge is 0.333 e. The quantitative estimate of drug-likeness (QED) is 0.296. The minimum absolute atomic E-state index is 0.195. The SMILES string of the molecule is C=CC(=O)OC(OC(=O)CC(C)=O)C(C)C. The van der Waals surface area contributed by atoms with Crippen LogP contribution in [0.2, 0.25) is 0 Å². The Hall–Kier alpha value is -1.65. The Balaban J connectivity index is 4.33. The van der Waals surface area contributed by atoms with Gasteiger partial charge in [0.2, 0.25) is 6.29 Å². The van der Waals surface area contributed by atoms with Gasteiger partial charge in [-0.1, -0.05) is 20.4 Å². The number of ether oxygens (including phenoxy) is 2. The summed E-state index contributed by atoms with van der Waals surface area (Å²) in [6.45, 7) is 7.96. The van der Waals surface area contributed by atoms with E-state index in [9.17, 15) is 14.4 Å². The minimum atomic E-state index is -0.989. The van der Waals surface area contributed by atoms with Crippen LogP contribution >= 0.6 is 0 Å². The predicted molar refractivity (Wildman–Crippen MR) is 56.3 cm³/mol. The third-order valence-electron chi connectivity index (χ3n) is 1.58. The summed E-state index contributed by atoms with van der Waals surface area (Å²) >= 11 is 0. The Kier molecular flexibility index (Phi) is 6.07. The van der Waals surface area contributed by atoms with Gasteiger partial charge in [-0.25, -0.2) is 4.79 Å². The zero-order chi connectivity index (χ0) is 12.7. The molecule has 0 aromatic carbocycles. The first-order valence-electron chi connectivity index (χ1n) is 4.88. The molecule has 0 aliphatic rings. The zero-order valence-corrected chi connectivity index (χ0v) is 9.69. The van der Waals surface area contributed by atoms with Crippen molar-refractivity contribution in [1.82, 2.24) is 0 Å². The van der Waals surface area contributed by atoms with Crippen molar-refractivity contribution in [2.45, 2.75) is 33.5 Å². The van der Waals surface area contributed by atoms with Crippen LogP contribution in [0.4, 0.5) is 0 Å². The molecule has 0 rings (SSSR count). The largest absolute Gasteiger partial charge is 0.425 e. The third kappa shape index (κ3) is 5.95. The summed E-state index contributed by atoms with van der Waals surface area (Å²) in [6.07, 6.45) is -0.333. The van der Waals surface area contributed by atoms with Gasteiger partial charge in [0.25, 0.3) is 0 Å². The zero-order valence-electron chi connectivity index (χ0n) is 9.69. The van der Waals surface area contributed by atoms with Gasteiger partial charge < -0.3 is 9.47 Å². The average Bonchev–Trinajstić information content (AvgIpc) is 2.14. The molecule has 0 aromatic heterocycles. The molecule has 1 atom stereocenters. The molecule has 0 aromatic rings. The van der Waals surface area contributed by atoms with Gasteiger partial charge in [0, 0.05) is 12.0 Å². The predicted octanol–water partition coefficient (Wildman–Crippen LogP) is 1.22. The van der Waals surface area contributed by atoms with Gasteiger partial charge in [0.1, 0.15) is 12.2 Å². The molecule has 0 aliphatic carbocycles. The summed E-state index contributed by atoms with van der Waals surface area (Å²) in [5.74, 6) is -1.88. The van der Waals surface area contributed by atoms with Crippen molar-refractivity contribution >= 4 is 17.7 Å². The molecule has 0 fully saturated rings. The molecule has 0 heterocycles. The second-order valence-corrected chi connectivity index (χ2v) is 3.62. The van der Waals surface area contributed by atoms with Crippen LogP contribution in [0.3, 0.4) is 0 Å². The number of carbonyl (C=O) groups excluding carboxylic acids is 3. The van der Waals surface area contributed by atoms with E-state index in [0.29, 0.717) is 0 Å². The summed E-state index contributed by atoms with van der Waals surface area (Å²) in [7, 11) is 0. The Morgan fingerprint density at radius 3 is 2.19 bits per heavy atom. The van der Waals surface area contributed by atoms with Crippen molar-refractivity contribution in [2.75, 3.05) is 0 Å². The topological polar surface area (TPSA) is 69.7 Å². The van der Waals surface area contributed by atoms with Crippen molar-refractivity contribution in [3.63, 3.8) is 0 Å². The molecule has 90 valence electrons. The molecule has 1 unspecified atom stereocenters. The lowest BCUT2D eigenvalue weighted by Crippen LogP contribution is -2.29. The van der Waals surface area contributed by atoms with Crippen LogP contribution < -0.4 is 0 Å². The third-order valence-corrected chi connectivity index (χ3v) is 1.58. The van der Waals surface area contributed by atoms with Crippen molar-refractivity contribution in [1.29, 1.82) is 0 Å². The lowest BCUT2D eigenvalue weighted by atomic mass is 10.2. The molecule has 0 amide bonds. The average molecular weight is 228 g/mol. The Labute approximate surface area is 94.4 Å². The van der Waals surface area contributed by atoms with Gasteiger partial charge >= 0.3 is 11.9 Å².